The molecule has 10 heteroatoms. The largest absolute Gasteiger partial charge is 0.496 e. The van der Waals surface area contributed by atoms with Gasteiger partial charge in [-0.15, -0.1) is 0 Å². The summed E-state index contributed by atoms with van der Waals surface area (Å²) in [5.41, 5.74) is 0.0790. The summed E-state index contributed by atoms with van der Waals surface area (Å²) in [5.74, 6) is 0.326. The van der Waals surface area contributed by atoms with E-state index in [2.05, 4.69) is 4.90 Å². The molecule has 7 nitrogen and oxygen atoms in total. The second kappa shape index (κ2) is 12.7. The summed E-state index contributed by atoms with van der Waals surface area (Å²) >= 11 is 0. The molecule has 3 aromatic rings. The number of para-hydroxylation sites is 1. The number of hydrogen-bond acceptors (Lipinski definition) is 5. The second-order valence-electron chi connectivity index (χ2n) is 9.09. The number of alkyl halides is 3. The van der Waals surface area contributed by atoms with Crippen LogP contribution in [0.1, 0.15) is 32.0 Å². The quantitative estimate of drug-likeness (QED) is 0.385. The lowest BCUT2D eigenvalue weighted by molar-refractivity contribution is -0.137. The molecule has 4 rings (SSSR count). The van der Waals surface area contributed by atoms with Gasteiger partial charge in [-0.2, -0.15) is 13.2 Å². The van der Waals surface area contributed by atoms with E-state index in [1.807, 2.05) is 36.4 Å². The van der Waals surface area contributed by atoms with E-state index >= 15 is 0 Å². The molecule has 1 aliphatic rings. The number of methoxy groups -OCH3 is 1. The molecule has 0 spiro atoms. The molecule has 0 N–H and O–H groups in total. The summed E-state index contributed by atoms with van der Waals surface area (Å²) in [5, 5.41) is 0. The zero-order valence-electron chi connectivity index (χ0n) is 21.6. The van der Waals surface area contributed by atoms with Crippen LogP contribution in [0.4, 0.5) is 13.2 Å². The van der Waals surface area contributed by atoms with Crippen molar-refractivity contribution >= 4 is 17.9 Å². The summed E-state index contributed by atoms with van der Waals surface area (Å²) in [4.78, 5) is 31.3. The van der Waals surface area contributed by atoms with Crippen molar-refractivity contribution in [2.24, 2.45) is 0 Å². The molecule has 2 heterocycles. The van der Waals surface area contributed by atoms with Gasteiger partial charge < -0.3 is 19.0 Å². The van der Waals surface area contributed by atoms with Crippen molar-refractivity contribution in [3.8, 4) is 5.75 Å². The number of benzene rings is 2. The van der Waals surface area contributed by atoms with Gasteiger partial charge in [0, 0.05) is 56.9 Å². The van der Waals surface area contributed by atoms with Crippen LogP contribution in [0.15, 0.2) is 77.4 Å². The first-order chi connectivity index (χ1) is 18.8. The molecule has 1 aliphatic heterocycles. The summed E-state index contributed by atoms with van der Waals surface area (Å²) < 4.78 is 49.8. The van der Waals surface area contributed by atoms with Crippen molar-refractivity contribution < 1.29 is 31.9 Å². The summed E-state index contributed by atoms with van der Waals surface area (Å²) in [6.45, 7) is 3.21. The van der Waals surface area contributed by atoms with E-state index in [-0.39, 0.29) is 17.2 Å². The summed E-state index contributed by atoms with van der Waals surface area (Å²) in [7, 11) is 1.60. The molecule has 2 aromatic carbocycles. The average Bonchev–Trinajstić information content (AvgIpc) is 3.49. The molecule has 0 aliphatic carbocycles. The number of rotatable bonds is 9. The highest BCUT2D eigenvalue weighted by atomic mass is 19.4. The standard InChI is InChI=1S/C29H30F3N3O4/c1-38-25-11-3-2-7-22(25)9-5-13-34(28(37)26-12-6-20-39-26)17-14-33-15-18-35(19-16-33)27(36)23-8-4-10-24(21-23)29(30,31)32/h2-12,20-21H,13-19H2,1H3. The molecule has 0 atom stereocenters. The Balaban J connectivity index is 1.34. The van der Waals surface area contributed by atoms with Crippen LogP contribution in [0.2, 0.25) is 0 Å². The minimum Gasteiger partial charge on any atom is -0.496 e. The molecule has 1 saturated heterocycles. The van der Waals surface area contributed by atoms with Crippen LogP contribution < -0.4 is 4.74 Å². The van der Waals surface area contributed by atoms with Crippen LogP contribution >= 0.6 is 0 Å². The lowest BCUT2D eigenvalue weighted by Crippen LogP contribution is -2.50. The maximum absolute atomic E-state index is 13.1. The van der Waals surface area contributed by atoms with Crippen molar-refractivity contribution in [1.29, 1.82) is 0 Å². The molecule has 1 aromatic heterocycles. The Morgan fingerprint density at radius 2 is 1.79 bits per heavy atom. The Morgan fingerprint density at radius 3 is 2.49 bits per heavy atom. The first-order valence-corrected chi connectivity index (χ1v) is 12.6. The highest BCUT2D eigenvalue weighted by molar-refractivity contribution is 5.94. The monoisotopic (exact) mass is 541 g/mol. The van der Waals surface area contributed by atoms with Crippen LogP contribution in [-0.4, -0.2) is 79.4 Å². The van der Waals surface area contributed by atoms with Crippen LogP contribution in [0.3, 0.4) is 0 Å². The molecule has 0 radical (unpaired) electrons. The van der Waals surface area contributed by atoms with E-state index < -0.39 is 17.6 Å². The third kappa shape index (κ3) is 7.29. The van der Waals surface area contributed by atoms with Crippen LogP contribution in [0.5, 0.6) is 5.75 Å². The zero-order valence-corrected chi connectivity index (χ0v) is 21.6. The molecule has 1 fully saturated rings. The SMILES string of the molecule is COc1ccccc1C=CCN(CCN1CCN(C(=O)c2cccc(C(F)(F)F)c2)CC1)C(=O)c1ccco1. The summed E-state index contributed by atoms with van der Waals surface area (Å²) in [6.07, 6.45) is 0.747. The van der Waals surface area contributed by atoms with E-state index in [0.29, 0.717) is 45.8 Å². The van der Waals surface area contributed by atoms with Crippen LogP contribution in [0, 0.1) is 0 Å². The highest BCUT2D eigenvalue weighted by Crippen LogP contribution is 2.30. The van der Waals surface area contributed by atoms with Crippen molar-refractivity contribution in [3.63, 3.8) is 0 Å². The molecular formula is C29H30F3N3O4. The Bertz CT molecular complexity index is 1280. The Labute approximate surface area is 225 Å². The Kier molecular flexibility index (Phi) is 9.08. The average molecular weight is 542 g/mol. The van der Waals surface area contributed by atoms with Gasteiger partial charge in [0.15, 0.2) is 5.76 Å². The van der Waals surface area contributed by atoms with E-state index in [9.17, 15) is 22.8 Å². The van der Waals surface area contributed by atoms with Gasteiger partial charge in [-0.1, -0.05) is 36.4 Å². The number of furan rings is 1. The number of piperazine rings is 1. The van der Waals surface area contributed by atoms with E-state index in [1.54, 1.807) is 29.0 Å². The molecule has 2 amide bonds. The molecule has 206 valence electrons. The van der Waals surface area contributed by atoms with Gasteiger partial charge in [-0.05, 0) is 36.4 Å². The van der Waals surface area contributed by atoms with E-state index in [1.165, 1.54) is 18.4 Å². The topological polar surface area (TPSA) is 66.2 Å². The molecule has 39 heavy (non-hydrogen) atoms. The van der Waals surface area contributed by atoms with Crippen molar-refractivity contribution in [2.45, 2.75) is 6.18 Å². The second-order valence-corrected chi connectivity index (χ2v) is 9.09. The van der Waals surface area contributed by atoms with E-state index in [4.69, 9.17) is 9.15 Å². The fraction of sp³-hybridized carbons (Fsp3) is 0.310. The minimum absolute atomic E-state index is 0.0235. The Morgan fingerprint density at radius 1 is 1.03 bits per heavy atom. The van der Waals surface area contributed by atoms with Gasteiger partial charge in [-0.25, -0.2) is 0 Å². The predicted molar refractivity (Wildman–Crippen MR) is 140 cm³/mol. The van der Waals surface area contributed by atoms with Gasteiger partial charge >= 0.3 is 6.18 Å². The predicted octanol–water partition coefficient (Wildman–Crippen LogP) is 4.92. The van der Waals surface area contributed by atoms with Gasteiger partial charge in [0.1, 0.15) is 5.75 Å². The first kappa shape index (κ1) is 28.0. The van der Waals surface area contributed by atoms with Crippen molar-refractivity contribution in [2.75, 3.05) is 52.9 Å². The van der Waals surface area contributed by atoms with E-state index in [0.717, 1.165) is 23.4 Å². The number of hydrogen-bond donors (Lipinski definition) is 0. The number of ether oxygens (including phenoxy) is 1. The van der Waals surface area contributed by atoms with Gasteiger partial charge in [0.05, 0.1) is 18.9 Å². The number of carbonyl (C=O) groups excluding carboxylic acids is 2. The first-order valence-electron chi connectivity index (χ1n) is 12.6. The van der Waals surface area contributed by atoms with Crippen LogP contribution in [0.25, 0.3) is 6.08 Å². The number of carbonyl (C=O) groups is 2. The van der Waals surface area contributed by atoms with Crippen molar-refractivity contribution in [1.82, 2.24) is 14.7 Å². The zero-order chi connectivity index (χ0) is 27.8. The smallest absolute Gasteiger partial charge is 0.416 e. The van der Waals surface area contributed by atoms with Gasteiger partial charge in [0.25, 0.3) is 11.8 Å². The Hall–Kier alpha value is -4.05. The molecular weight excluding hydrogens is 511 g/mol. The van der Waals surface area contributed by atoms with Crippen molar-refractivity contribution in [3.05, 3.63) is 95.5 Å². The van der Waals surface area contributed by atoms with Gasteiger partial charge in [0.2, 0.25) is 0 Å². The summed E-state index contributed by atoms with van der Waals surface area (Å²) in [6, 6.07) is 15.4. The number of nitrogens with zero attached hydrogens (tertiary/aromatic N) is 3. The fourth-order valence-corrected chi connectivity index (χ4v) is 4.39. The highest BCUT2D eigenvalue weighted by Gasteiger charge is 2.32. The molecule has 0 unspecified atom stereocenters. The van der Waals surface area contributed by atoms with Gasteiger partial charge in [-0.3, -0.25) is 14.5 Å². The maximum Gasteiger partial charge on any atom is 0.416 e. The fourth-order valence-electron chi connectivity index (χ4n) is 4.39. The minimum atomic E-state index is -4.50. The normalized spacial score (nSPS) is 14.5. The number of halogens is 3. The van der Waals surface area contributed by atoms with Crippen LogP contribution in [-0.2, 0) is 6.18 Å². The lowest BCUT2D eigenvalue weighted by Gasteiger charge is -2.35. The molecule has 0 bridgehead atoms. The third-order valence-corrected chi connectivity index (χ3v) is 6.56. The lowest BCUT2D eigenvalue weighted by atomic mass is 10.1. The third-order valence-electron chi connectivity index (χ3n) is 6.56. The molecule has 0 saturated carbocycles. The maximum atomic E-state index is 13.1. The number of amides is 2.